The van der Waals surface area contributed by atoms with E-state index in [1.165, 1.54) is 0 Å². The van der Waals surface area contributed by atoms with Crippen molar-refractivity contribution in [3.05, 3.63) is 12.2 Å². The van der Waals surface area contributed by atoms with E-state index < -0.39 is 5.97 Å². The lowest BCUT2D eigenvalue weighted by molar-refractivity contribution is -0.138. The van der Waals surface area contributed by atoms with Gasteiger partial charge in [-0.1, -0.05) is 13.0 Å². The van der Waals surface area contributed by atoms with Crippen molar-refractivity contribution in [3.63, 3.8) is 0 Å². The number of hydrogen-bond donors (Lipinski definition) is 4. The van der Waals surface area contributed by atoms with E-state index >= 15 is 0 Å². The van der Waals surface area contributed by atoms with Crippen LogP contribution in [0.3, 0.4) is 0 Å². The fraction of sp³-hybridized carbons (Fsp3) is 0.571. The molecule has 22 heavy (non-hydrogen) atoms. The predicted molar refractivity (Wildman–Crippen MR) is 79.9 cm³/mol. The van der Waals surface area contributed by atoms with Gasteiger partial charge in [0, 0.05) is 18.5 Å². The number of nitrogens with one attached hydrogen (secondary N) is 3. The van der Waals surface area contributed by atoms with Gasteiger partial charge >= 0.3 is 5.97 Å². The molecule has 0 aliphatic carbocycles. The van der Waals surface area contributed by atoms with Crippen molar-refractivity contribution < 1.29 is 24.3 Å². The summed E-state index contributed by atoms with van der Waals surface area (Å²) in [7, 11) is 0. The largest absolute Gasteiger partial charge is 0.480 e. The van der Waals surface area contributed by atoms with Crippen molar-refractivity contribution in [1.82, 2.24) is 16.0 Å². The third-order valence-corrected chi connectivity index (χ3v) is 2.64. The molecule has 0 saturated carbocycles. The van der Waals surface area contributed by atoms with Crippen LogP contribution in [0.4, 0.5) is 0 Å². The molecule has 3 amide bonds. The summed E-state index contributed by atoms with van der Waals surface area (Å²) >= 11 is 0. The summed E-state index contributed by atoms with van der Waals surface area (Å²) in [4.78, 5) is 44.0. The quantitative estimate of drug-likeness (QED) is 0.304. The van der Waals surface area contributed by atoms with Crippen molar-refractivity contribution in [1.29, 1.82) is 0 Å². The minimum Gasteiger partial charge on any atom is -0.480 e. The molecule has 0 fully saturated rings. The Morgan fingerprint density at radius 1 is 0.909 bits per heavy atom. The minimum absolute atomic E-state index is 0.0940. The highest BCUT2D eigenvalue weighted by Gasteiger charge is 2.06. The van der Waals surface area contributed by atoms with Crippen molar-refractivity contribution in [2.24, 2.45) is 0 Å². The van der Waals surface area contributed by atoms with Crippen LogP contribution >= 0.6 is 0 Å². The summed E-state index contributed by atoms with van der Waals surface area (Å²) in [5, 5.41) is 15.7. The average molecular weight is 313 g/mol. The number of hydrogen-bond acceptors (Lipinski definition) is 4. The summed E-state index contributed by atoms with van der Waals surface area (Å²) in [5.74, 6) is -2.01. The first kappa shape index (κ1) is 19.6. The van der Waals surface area contributed by atoms with Crippen LogP contribution in [0.25, 0.3) is 0 Å². The normalized spacial score (nSPS) is 9.68. The fourth-order valence-corrected chi connectivity index (χ4v) is 1.45. The van der Waals surface area contributed by atoms with Gasteiger partial charge in [0.05, 0.1) is 6.54 Å². The monoisotopic (exact) mass is 313 g/mol. The van der Waals surface area contributed by atoms with Gasteiger partial charge in [0.25, 0.3) is 0 Å². The van der Waals surface area contributed by atoms with E-state index in [9.17, 15) is 19.2 Å². The SMILES string of the molecule is C=C(C)C(=O)NCC(=O)NCCCCCC(=O)NCC(=O)O. The maximum atomic E-state index is 11.4. The molecule has 0 radical (unpaired) electrons. The molecule has 124 valence electrons. The van der Waals surface area contributed by atoms with E-state index in [1.54, 1.807) is 6.92 Å². The second-order valence-corrected chi connectivity index (χ2v) is 4.79. The van der Waals surface area contributed by atoms with Crippen LogP contribution < -0.4 is 16.0 Å². The zero-order valence-electron chi connectivity index (χ0n) is 12.7. The molecule has 0 saturated heterocycles. The van der Waals surface area contributed by atoms with E-state index in [-0.39, 0.29) is 37.2 Å². The zero-order valence-corrected chi connectivity index (χ0v) is 12.7. The van der Waals surface area contributed by atoms with Crippen molar-refractivity contribution >= 4 is 23.7 Å². The van der Waals surface area contributed by atoms with Crippen LogP contribution in [0.5, 0.6) is 0 Å². The van der Waals surface area contributed by atoms with E-state index in [4.69, 9.17) is 5.11 Å². The summed E-state index contributed by atoms with van der Waals surface area (Å²) in [6.45, 7) is 5.00. The van der Waals surface area contributed by atoms with Crippen molar-refractivity contribution in [2.75, 3.05) is 19.6 Å². The number of carbonyl (C=O) groups excluding carboxylic acids is 3. The van der Waals surface area contributed by atoms with Gasteiger partial charge in [-0.25, -0.2) is 0 Å². The molecule has 4 N–H and O–H groups in total. The van der Waals surface area contributed by atoms with Crippen LogP contribution in [0, 0.1) is 0 Å². The second kappa shape index (κ2) is 11.3. The Kier molecular flexibility index (Phi) is 10.1. The molecule has 8 heteroatoms. The number of unbranched alkanes of at least 4 members (excludes halogenated alkanes) is 2. The Bertz CT molecular complexity index is 434. The molecule has 0 aliphatic rings. The van der Waals surface area contributed by atoms with Crippen LogP contribution in [-0.2, 0) is 19.2 Å². The first-order valence-electron chi connectivity index (χ1n) is 7.01. The Balaban J connectivity index is 3.51. The van der Waals surface area contributed by atoms with E-state index in [1.807, 2.05) is 0 Å². The Hall–Kier alpha value is -2.38. The molecule has 0 bridgehead atoms. The summed E-state index contributed by atoms with van der Waals surface area (Å²) in [6.07, 6.45) is 2.31. The average Bonchev–Trinajstić information content (AvgIpc) is 2.45. The van der Waals surface area contributed by atoms with Gasteiger partial charge in [0.1, 0.15) is 6.54 Å². The molecular formula is C14H23N3O5. The Morgan fingerprint density at radius 2 is 1.59 bits per heavy atom. The smallest absolute Gasteiger partial charge is 0.322 e. The lowest BCUT2D eigenvalue weighted by Gasteiger charge is -2.07. The van der Waals surface area contributed by atoms with Gasteiger partial charge in [-0.15, -0.1) is 0 Å². The number of aliphatic carboxylic acids is 1. The predicted octanol–water partition coefficient (Wildman–Crippen LogP) is -0.444. The number of carboxylic acids is 1. The highest BCUT2D eigenvalue weighted by atomic mass is 16.4. The first-order valence-corrected chi connectivity index (χ1v) is 7.01. The molecule has 8 nitrogen and oxygen atoms in total. The number of carbonyl (C=O) groups is 4. The first-order chi connectivity index (χ1) is 10.3. The zero-order chi connectivity index (χ0) is 17.0. The third kappa shape index (κ3) is 11.4. The van der Waals surface area contributed by atoms with E-state index in [0.29, 0.717) is 25.0 Å². The maximum Gasteiger partial charge on any atom is 0.322 e. The molecule has 0 unspecified atom stereocenters. The van der Waals surface area contributed by atoms with Crippen LogP contribution in [0.15, 0.2) is 12.2 Å². The number of carboxylic acid groups (broad SMARTS) is 1. The van der Waals surface area contributed by atoms with Crippen LogP contribution in [-0.4, -0.2) is 48.4 Å². The number of amides is 3. The van der Waals surface area contributed by atoms with Gasteiger partial charge in [0.15, 0.2) is 0 Å². The minimum atomic E-state index is -1.07. The highest BCUT2D eigenvalue weighted by Crippen LogP contribution is 1.98. The van der Waals surface area contributed by atoms with Crippen molar-refractivity contribution in [3.8, 4) is 0 Å². The molecule has 0 aromatic rings. The molecular weight excluding hydrogens is 290 g/mol. The molecule has 0 aliphatic heterocycles. The van der Waals surface area contributed by atoms with Gasteiger partial charge in [-0.3, -0.25) is 19.2 Å². The highest BCUT2D eigenvalue weighted by molar-refractivity contribution is 5.94. The van der Waals surface area contributed by atoms with Crippen LogP contribution in [0.2, 0.25) is 0 Å². The van der Waals surface area contributed by atoms with Crippen molar-refractivity contribution in [2.45, 2.75) is 32.6 Å². The molecule has 0 aromatic carbocycles. The standard InChI is InChI=1S/C14H23N3O5/c1-10(2)14(22)17-8-12(19)15-7-5-3-4-6-11(18)16-9-13(20)21/h1,3-9H2,2H3,(H,15,19)(H,16,18)(H,17,22)(H,20,21). The van der Waals surface area contributed by atoms with Gasteiger partial charge in [-0.2, -0.15) is 0 Å². The molecule has 0 atom stereocenters. The summed E-state index contributed by atoms with van der Waals surface area (Å²) in [6, 6.07) is 0. The fourth-order valence-electron chi connectivity index (χ4n) is 1.45. The molecule has 0 heterocycles. The van der Waals surface area contributed by atoms with E-state index in [2.05, 4.69) is 22.5 Å². The summed E-state index contributed by atoms with van der Waals surface area (Å²) in [5.41, 5.74) is 0.342. The molecule has 0 spiro atoms. The van der Waals surface area contributed by atoms with Crippen LogP contribution in [0.1, 0.15) is 32.6 Å². The Labute approximate surface area is 129 Å². The lowest BCUT2D eigenvalue weighted by Crippen LogP contribution is -2.37. The van der Waals surface area contributed by atoms with Gasteiger partial charge in [0.2, 0.25) is 17.7 Å². The lowest BCUT2D eigenvalue weighted by atomic mass is 10.2. The molecule has 0 rings (SSSR count). The maximum absolute atomic E-state index is 11.4. The topological polar surface area (TPSA) is 125 Å². The second-order valence-electron chi connectivity index (χ2n) is 4.79. The molecule has 0 aromatic heterocycles. The summed E-state index contributed by atoms with van der Waals surface area (Å²) < 4.78 is 0. The van der Waals surface area contributed by atoms with Gasteiger partial charge in [-0.05, 0) is 19.8 Å². The number of rotatable bonds is 11. The Morgan fingerprint density at radius 3 is 2.18 bits per heavy atom. The van der Waals surface area contributed by atoms with E-state index in [0.717, 1.165) is 6.42 Å². The van der Waals surface area contributed by atoms with Gasteiger partial charge < -0.3 is 21.1 Å². The third-order valence-electron chi connectivity index (χ3n) is 2.64.